The first-order chi connectivity index (χ1) is 5.61. The second kappa shape index (κ2) is 4.72. The Labute approximate surface area is 82.4 Å². The van der Waals surface area contributed by atoms with Gasteiger partial charge < -0.3 is 10.2 Å². The van der Waals surface area contributed by atoms with Crippen molar-refractivity contribution in [3.05, 3.63) is 29.8 Å². The second-order valence-corrected chi connectivity index (χ2v) is 2.65. The van der Waals surface area contributed by atoms with Crippen molar-refractivity contribution in [3.8, 4) is 5.75 Å². The molecule has 1 aromatic rings. The fourth-order valence-corrected chi connectivity index (χ4v) is 0.906. The molecule has 0 aliphatic heterocycles. The molecule has 1 aromatic carbocycles. The quantitative estimate of drug-likeness (QED) is 0.771. The molecule has 2 N–H and O–H groups in total. The second-order valence-electron chi connectivity index (χ2n) is 2.65. The summed E-state index contributed by atoms with van der Waals surface area (Å²) in [7, 11) is 0. The molecule has 1 rings (SSSR count). The molecule has 0 saturated carbocycles. The minimum atomic E-state index is -0.860. The predicted octanol–water partition coefficient (Wildman–Crippen LogP) is 2.00. The Morgan fingerprint density at radius 1 is 1.31 bits per heavy atom. The average molecular weight is 203 g/mol. The summed E-state index contributed by atoms with van der Waals surface area (Å²) in [5.41, 5.74) is 0.695. The van der Waals surface area contributed by atoms with Gasteiger partial charge in [0.05, 0.1) is 5.92 Å². The monoisotopic (exact) mass is 202 g/mol. The van der Waals surface area contributed by atoms with Gasteiger partial charge in [0, 0.05) is 0 Å². The number of carboxylic acid groups (broad SMARTS) is 1. The normalized spacial score (nSPS) is 11.5. The maximum atomic E-state index is 10.5. The number of rotatable bonds is 2. The van der Waals surface area contributed by atoms with E-state index < -0.39 is 11.9 Å². The van der Waals surface area contributed by atoms with E-state index in [4.69, 9.17) is 10.2 Å². The summed E-state index contributed by atoms with van der Waals surface area (Å²) in [4.78, 5) is 10.5. The van der Waals surface area contributed by atoms with E-state index in [1.165, 1.54) is 12.1 Å². The molecule has 13 heavy (non-hydrogen) atoms. The summed E-state index contributed by atoms with van der Waals surface area (Å²) in [5.74, 6) is -1.23. The van der Waals surface area contributed by atoms with Crippen LogP contribution in [-0.4, -0.2) is 16.2 Å². The number of benzene rings is 1. The van der Waals surface area contributed by atoms with Crippen molar-refractivity contribution < 1.29 is 15.0 Å². The van der Waals surface area contributed by atoms with Crippen molar-refractivity contribution in [2.75, 3.05) is 0 Å². The van der Waals surface area contributed by atoms with Crippen LogP contribution in [0.2, 0.25) is 0 Å². The zero-order valence-electron chi connectivity index (χ0n) is 7.10. The third-order valence-electron chi connectivity index (χ3n) is 1.76. The standard InChI is InChI=1S/C9H10O3.ClH/c1-6(9(11)12)7-2-4-8(10)5-3-7;/h2-6,10H,1H3,(H,11,12);1H. The molecule has 4 heteroatoms. The van der Waals surface area contributed by atoms with Crippen LogP contribution in [0.4, 0.5) is 0 Å². The van der Waals surface area contributed by atoms with Gasteiger partial charge in [-0.25, -0.2) is 0 Å². The van der Waals surface area contributed by atoms with Gasteiger partial charge in [-0.3, -0.25) is 4.79 Å². The molecule has 0 saturated heterocycles. The van der Waals surface area contributed by atoms with Gasteiger partial charge in [0.1, 0.15) is 5.75 Å². The van der Waals surface area contributed by atoms with Gasteiger partial charge in [0.15, 0.2) is 0 Å². The molecular weight excluding hydrogens is 192 g/mol. The lowest BCUT2D eigenvalue weighted by Crippen LogP contribution is -2.06. The first-order valence-electron chi connectivity index (χ1n) is 3.63. The summed E-state index contributed by atoms with van der Waals surface area (Å²) < 4.78 is 0. The predicted molar refractivity (Wildman–Crippen MR) is 51.4 cm³/mol. The smallest absolute Gasteiger partial charge is 0.310 e. The van der Waals surface area contributed by atoms with Crippen molar-refractivity contribution in [2.24, 2.45) is 0 Å². The summed E-state index contributed by atoms with van der Waals surface area (Å²) in [6.45, 7) is 1.61. The van der Waals surface area contributed by atoms with E-state index in [1.54, 1.807) is 19.1 Å². The molecule has 0 radical (unpaired) electrons. The molecule has 72 valence electrons. The number of carboxylic acids is 1. The lowest BCUT2D eigenvalue weighted by Gasteiger charge is -2.05. The van der Waals surface area contributed by atoms with Crippen LogP contribution in [0, 0.1) is 0 Å². The lowest BCUT2D eigenvalue weighted by molar-refractivity contribution is -0.138. The van der Waals surface area contributed by atoms with Crippen LogP contribution >= 0.6 is 12.4 Å². The van der Waals surface area contributed by atoms with Crippen LogP contribution in [0.1, 0.15) is 18.4 Å². The zero-order chi connectivity index (χ0) is 9.14. The molecule has 0 bridgehead atoms. The number of aromatic hydroxyl groups is 1. The molecule has 3 nitrogen and oxygen atoms in total. The van der Waals surface area contributed by atoms with E-state index in [9.17, 15) is 4.79 Å². The van der Waals surface area contributed by atoms with Gasteiger partial charge in [-0.05, 0) is 24.6 Å². The van der Waals surface area contributed by atoms with Crippen LogP contribution in [0.5, 0.6) is 5.75 Å². The SMILES string of the molecule is CC(C(=O)O)c1ccc(O)cc1.Cl. The van der Waals surface area contributed by atoms with Gasteiger partial charge in [-0.15, -0.1) is 12.4 Å². The highest BCUT2D eigenvalue weighted by Crippen LogP contribution is 2.18. The Balaban J connectivity index is 0.00000144. The molecule has 1 unspecified atom stereocenters. The Kier molecular flexibility index (Phi) is 4.28. The molecule has 0 amide bonds. The zero-order valence-corrected chi connectivity index (χ0v) is 7.91. The summed E-state index contributed by atoms with van der Waals surface area (Å²) >= 11 is 0. The number of phenolic OH excluding ortho intramolecular Hbond substituents is 1. The number of aliphatic carboxylic acids is 1. The van der Waals surface area contributed by atoms with Crippen molar-refractivity contribution in [3.63, 3.8) is 0 Å². The van der Waals surface area contributed by atoms with Crippen molar-refractivity contribution in [1.82, 2.24) is 0 Å². The van der Waals surface area contributed by atoms with E-state index in [-0.39, 0.29) is 18.2 Å². The van der Waals surface area contributed by atoms with Crippen LogP contribution in [0.15, 0.2) is 24.3 Å². The van der Waals surface area contributed by atoms with E-state index >= 15 is 0 Å². The molecule has 0 aromatic heterocycles. The first-order valence-corrected chi connectivity index (χ1v) is 3.63. The van der Waals surface area contributed by atoms with Gasteiger partial charge in [-0.1, -0.05) is 12.1 Å². The molecule has 0 fully saturated rings. The molecule has 0 heterocycles. The Morgan fingerprint density at radius 2 is 1.77 bits per heavy atom. The van der Waals surface area contributed by atoms with Gasteiger partial charge in [0.25, 0.3) is 0 Å². The number of halogens is 1. The molecule has 1 atom stereocenters. The highest BCUT2D eigenvalue weighted by atomic mass is 35.5. The summed E-state index contributed by atoms with van der Waals surface area (Å²) in [6.07, 6.45) is 0. The third kappa shape index (κ3) is 2.95. The Hall–Kier alpha value is -1.22. The first kappa shape index (κ1) is 11.8. The van der Waals surface area contributed by atoms with E-state index in [1.807, 2.05) is 0 Å². The molecule has 0 aliphatic rings. The van der Waals surface area contributed by atoms with Crippen LogP contribution in [0.25, 0.3) is 0 Å². The van der Waals surface area contributed by atoms with Gasteiger partial charge >= 0.3 is 5.97 Å². The summed E-state index contributed by atoms with van der Waals surface area (Å²) in [6, 6.07) is 6.17. The van der Waals surface area contributed by atoms with Crippen molar-refractivity contribution >= 4 is 18.4 Å². The maximum absolute atomic E-state index is 10.5. The Bertz CT molecular complexity index is 281. The average Bonchev–Trinajstić information content (AvgIpc) is 2.04. The largest absolute Gasteiger partial charge is 0.508 e. The maximum Gasteiger partial charge on any atom is 0.310 e. The van der Waals surface area contributed by atoms with Crippen LogP contribution < -0.4 is 0 Å². The lowest BCUT2D eigenvalue weighted by atomic mass is 10.0. The number of phenols is 1. The minimum Gasteiger partial charge on any atom is -0.508 e. The van der Waals surface area contributed by atoms with E-state index in [0.717, 1.165) is 0 Å². The van der Waals surface area contributed by atoms with E-state index in [2.05, 4.69) is 0 Å². The van der Waals surface area contributed by atoms with Gasteiger partial charge in [-0.2, -0.15) is 0 Å². The topological polar surface area (TPSA) is 57.5 Å². The van der Waals surface area contributed by atoms with Crippen LogP contribution in [0.3, 0.4) is 0 Å². The number of hydrogen-bond donors (Lipinski definition) is 2. The summed E-state index contributed by atoms with van der Waals surface area (Å²) in [5, 5.41) is 17.6. The molecule has 0 aliphatic carbocycles. The number of carbonyl (C=O) groups is 1. The minimum absolute atomic E-state index is 0. The van der Waals surface area contributed by atoms with Crippen molar-refractivity contribution in [1.29, 1.82) is 0 Å². The van der Waals surface area contributed by atoms with Gasteiger partial charge in [0.2, 0.25) is 0 Å². The molecular formula is C9H11ClO3. The van der Waals surface area contributed by atoms with Crippen molar-refractivity contribution in [2.45, 2.75) is 12.8 Å². The fourth-order valence-electron chi connectivity index (χ4n) is 0.906. The Morgan fingerprint density at radius 3 is 2.15 bits per heavy atom. The third-order valence-corrected chi connectivity index (χ3v) is 1.76. The highest BCUT2D eigenvalue weighted by molar-refractivity contribution is 5.85. The van der Waals surface area contributed by atoms with E-state index in [0.29, 0.717) is 5.56 Å². The molecule has 0 spiro atoms. The van der Waals surface area contributed by atoms with Crippen LogP contribution in [-0.2, 0) is 4.79 Å². The highest BCUT2D eigenvalue weighted by Gasteiger charge is 2.12. The fraction of sp³-hybridized carbons (Fsp3) is 0.222. The number of hydrogen-bond acceptors (Lipinski definition) is 2.